The molecule has 0 aliphatic heterocycles. The van der Waals surface area contributed by atoms with Crippen molar-refractivity contribution in [3.8, 4) is 23.7 Å². The van der Waals surface area contributed by atoms with Gasteiger partial charge in [0.05, 0.1) is 6.54 Å². The van der Waals surface area contributed by atoms with Crippen molar-refractivity contribution in [1.29, 1.82) is 0 Å². The molecule has 0 aliphatic rings. The number of halogens is 3. The van der Waals surface area contributed by atoms with Crippen LogP contribution >= 0.6 is 0 Å². The van der Waals surface area contributed by atoms with Crippen molar-refractivity contribution in [2.75, 3.05) is 6.54 Å². The predicted molar refractivity (Wildman–Crippen MR) is 54.1 cm³/mol. The Morgan fingerprint density at radius 2 is 1.75 bits per heavy atom. The number of carbonyl (C=O) groups excluding carboxylic acids is 1. The Hall–Kier alpha value is -1.62. The van der Waals surface area contributed by atoms with Gasteiger partial charge in [0.2, 0.25) is 0 Å². The zero-order valence-corrected chi connectivity index (χ0v) is 9.25. The van der Waals surface area contributed by atoms with Gasteiger partial charge in [0.1, 0.15) is 0 Å². The van der Waals surface area contributed by atoms with Gasteiger partial charge in [0, 0.05) is 5.41 Å². The van der Waals surface area contributed by atoms with E-state index in [0.29, 0.717) is 0 Å². The van der Waals surface area contributed by atoms with Crippen LogP contribution in [0.25, 0.3) is 0 Å². The molecule has 1 amide bonds. The third-order valence-electron chi connectivity index (χ3n) is 1.18. The Balaban J connectivity index is 4.05. The van der Waals surface area contributed by atoms with E-state index in [1.807, 2.05) is 20.8 Å². The van der Waals surface area contributed by atoms with E-state index >= 15 is 0 Å². The lowest BCUT2D eigenvalue weighted by Crippen LogP contribution is -2.36. The van der Waals surface area contributed by atoms with Crippen LogP contribution < -0.4 is 5.32 Å². The van der Waals surface area contributed by atoms with Crippen molar-refractivity contribution in [2.24, 2.45) is 5.41 Å². The molecule has 0 atom stereocenters. The second-order valence-electron chi connectivity index (χ2n) is 3.98. The third-order valence-corrected chi connectivity index (χ3v) is 1.18. The van der Waals surface area contributed by atoms with Crippen LogP contribution in [0.1, 0.15) is 20.8 Å². The van der Waals surface area contributed by atoms with Gasteiger partial charge in [0.15, 0.2) is 0 Å². The zero-order valence-electron chi connectivity index (χ0n) is 9.25. The SMILES string of the molecule is CC(C)(C)C#CC#CCNC(=O)C(F)(F)F. The Kier molecular flexibility index (Phi) is 4.91. The zero-order chi connectivity index (χ0) is 12.8. The van der Waals surface area contributed by atoms with Gasteiger partial charge in [-0.05, 0) is 32.6 Å². The molecular formula is C11H12F3NO. The summed E-state index contributed by atoms with van der Waals surface area (Å²) in [7, 11) is 0. The molecule has 0 spiro atoms. The van der Waals surface area contributed by atoms with E-state index in [9.17, 15) is 18.0 Å². The summed E-state index contributed by atoms with van der Waals surface area (Å²) in [5.74, 6) is 7.94. The van der Waals surface area contributed by atoms with Gasteiger partial charge in [0.25, 0.3) is 0 Å². The van der Waals surface area contributed by atoms with Gasteiger partial charge in [-0.25, -0.2) is 0 Å². The van der Waals surface area contributed by atoms with Crippen LogP contribution in [0.5, 0.6) is 0 Å². The summed E-state index contributed by atoms with van der Waals surface area (Å²) in [6.45, 7) is 5.28. The van der Waals surface area contributed by atoms with Crippen molar-refractivity contribution in [3.63, 3.8) is 0 Å². The minimum absolute atomic E-state index is 0.204. The summed E-state index contributed by atoms with van der Waals surface area (Å²) in [4.78, 5) is 10.3. The first-order valence-corrected chi connectivity index (χ1v) is 4.48. The van der Waals surface area contributed by atoms with E-state index in [0.717, 1.165) is 0 Å². The first-order chi connectivity index (χ1) is 7.13. The lowest BCUT2D eigenvalue weighted by atomic mass is 9.98. The molecule has 0 aliphatic carbocycles. The highest BCUT2D eigenvalue weighted by atomic mass is 19.4. The summed E-state index contributed by atoms with van der Waals surface area (Å²) in [5, 5.41) is 1.61. The fraction of sp³-hybridized carbons (Fsp3) is 0.545. The van der Waals surface area contributed by atoms with Gasteiger partial charge >= 0.3 is 12.1 Å². The summed E-state index contributed by atoms with van der Waals surface area (Å²) in [6.07, 6.45) is -4.86. The summed E-state index contributed by atoms with van der Waals surface area (Å²) in [6, 6.07) is 0. The van der Waals surface area contributed by atoms with Crippen LogP contribution in [0.4, 0.5) is 13.2 Å². The van der Waals surface area contributed by atoms with Gasteiger partial charge in [-0.3, -0.25) is 4.79 Å². The molecule has 0 saturated heterocycles. The molecule has 0 rings (SSSR count). The number of rotatable bonds is 1. The van der Waals surface area contributed by atoms with Crippen LogP contribution in [-0.2, 0) is 4.79 Å². The minimum Gasteiger partial charge on any atom is -0.337 e. The summed E-state index contributed by atoms with van der Waals surface area (Å²) >= 11 is 0. The first kappa shape index (κ1) is 14.4. The average molecular weight is 231 g/mol. The number of amides is 1. The standard InChI is InChI=1S/C11H12F3NO/c1-10(2,3)7-5-4-6-8-15-9(16)11(12,13)14/h8H2,1-3H3,(H,15,16). The molecule has 0 unspecified atom stereocenters. The largest absolute Gasteiger partial charge is 0.471 e. The van der Waals surface area contributed by atoms with Crippen LogP contribution in [0, 0.1) is 29.1 Å². The molecule has 0 fully saturated rings. The van der Waals surface area contributed by atoms with Crippen LogP contribution in [0.3, 0.4) is 0 Å². The lowest BCUT2D eigenvalue weighted by Gasteiger charge is -2.05. The number of alkyl halides is 3. The van der Waals surface area contributed by atoms with Crippen LogP contribution in [0.2, 0.25) is 0 Å². The van der Waals surface area contributed by atoms with Crippen molar-refractivity contribution in [3.05, 3.63) is 0 Å². The molecule has 2 nitrogen and oxygen atoms in total. The summed E-state index contributed by atoms with van der Waals surface area (Å²) in [5.41, 5.74) is -0.204. The Morgan fingerprint density at radius 3 is 2.19 bits per heavy atom. The molecular weight excluding hydrogens is 219 g/mol. The smallest absolute Gasteiger partial charge is 0.337 e. The second-order valence-corrected chi connectivity index (χ2v) is 3.98. The van der Waals surface area contributed by atoms with E-state index < -0.39 is 12.1 Å². The Labute approximate surface area is 92.6 Å². The summed E-state index contributed by atoms with van der Waals surface area (Å²) < 4.78 is 35.1. The van der Waals surface area contributed by atoms with Crippen molar-refractivity contribution in [1.82, 2.24) is 5.32 Å². The minimum atomic E-state index is -4.86. The van der Waals surface area contributed by atoms with Gasteiger partial charge in [-0.2, -0.15) is 13.2 Å². The molecule has 0 aromatic carbocycles. The quantitative estimate of drug-likeness (QED) is 0.684. The molecule has 16 heavy (non-hydrogen) atoms. The fourth-order valence-electron chi connectivity index (χ4n) is 0.532. The van der Waals surface area contributed by atoms with Crippen LogP contribution in [-0.4, -0.2) is 18.6 Å². The molecule has 1 N–H and O–H groups in total. The predicted octanol–water partition coefficient (Wildman–Crippen LogP) is 1.72. The maximum atomic E-state index is 11.7. The molecule has 0 bridgehead atoms. The van der Waals surface area contributed by atoms with E-state index in [4.69, 9.17) is 0 Å². The normalized spacial score (nSPS) is 10.6. The van der Waals surface area contributed by atoms with Gasteiger partial charge in [-0.15, -0.1) is 0 Å². The van der Waals surface area contributed by atoms with Crippen molar-refractivity contribution in [2.45, 2.75) is 26.9 Å². The molecule has 0 radical (unpaired) electrons. The van der Waals surface area contributed by atoms with Crippen molar-refractivity contribution < 1.29 is 18.0 Å². The Morgan fingerprint density at radius 1 is 1.19 bits per heavy atom. The number of carbonyl (C=O) groups is 1. The number of hydrogen-bond donors (Lipinski definition) is 1. The van der Waals surface area contributed by atoms with E-state index in [2.05, 4.69) is 23.7 Å². The number of nitrogens with one attached hydrogen (secondary N) is 1. The van der Waals surface area contributed by atoms with E-state index in [-0.39, 0.29) is 12.0 Å². The molecule has 0 saturated carbocycles. The van der Waals surface area contributed by atoms with E-state index in [1.165, 1.54) is 0 Å². The highest BCUT2D eigenvalue weighted by Gasteiger charge is 2.38. The van der Waals surface area contributed by atoms with Crippen LogP contribution in [0.15, 0.2) is 0 Å². The molecule has 5 heteroatoms. The average Bonchev–Trinajstić information content (AvgIpc) is 2.07. The topological polar surface area (TPSA) is 29.1 Å². The molecule has 0 heterocycles. The van der Waals surface area contributed by atoms with E-state index in [1.54, 1.807) is 5.32 Å². The van der Waals surface area contributed by atoms with Gasteiger partial charge < -0.3 is 5.32 Å². The molecule has 0 aromatic rings. The maximum Gasteiger partial charge on any atom is 0.471 e. The monoisotopic (exact) mass is 231 g/mol. The second kappa shape index (κ2) is 5.46. The fourth-order valence-corrected chi connectivity index (χ4v) is 0.532. The highest BCUT2D eigenvalue weighted by Crippen LogP contribution is 2.13. The van der Waals surface area contributed by atoms with Crippen molar-refractivity contribution >= 4 is 5.91 Å². The first-order valence-electron chi connectivity index (χ1n) is 4.48. The lowest BCUT2D eigenvalue weighted by molar-refractivity contribution is -0.173. The Bertz CT molecular complexity index is 368. The molecule has 88 valence electrons. The molecule has 0 aromatic heterocycles. The highest BCUT2D eigenvalue weighted by molar-refractivity contribution is 5.81. The maximum absolute atomic E-state index is 11.7. The number of hydrogen-bond acceptors (Lipinski definition) is 1. The van der Waals surface area contributed by atoms with Gasteiger partial charge in [-0.1, -0.05) is 11.8 Å². The third kappa shape index (κ3) is 7.75.